The van der Waals surface area contributed by atoms with E-state index in [-0.39, 0.29) is 6.61 Å². The van der Waals surface area contributed by atoms with Crippen molar-refractivity contribution in [2.24, 2.45) is 0 Å². The van der Waals surface area contributed by atoms with Gasteiger partial charge >= 0.3 is 0 Å². The number of fused-ring (bicyclic) bond motifs is 1. The van der Waals surface area contributed by atoms with Crippen LogP contribution in [0.15, 0.2) is 54.7 Å². The number of aliphatic hydroxyl groups is 1. The van der Waals surface area contributed by atoms with E-state index in [2.05, 4.69) is 4.98 Å². The highest BCUT2D eigenvalue weighted by atomic mass is 16.5. The number of benzene rings is 2. The molecule has 0 aliphatic carbocycles. The highest BCUT2D eigenvalue weighted by molar-refractivity contribution is 5.94. The Hall–Kier alpha value is -2.59. The number of aromatic nitrogens is 1. The lowest BCUT2D eigenvalue weighted by atomic mass is 10.1. The Morgan fingerprint density at radius 1 is 1.00 bits per heavy atom. The molecule has 0 bridgehead atoms. The molecule has 21 heavy (non-hydrogen) atoms. The van der Waals surface area contributed by atoms with Crippen molar-refractivity contribution >= 4 is 16.6 Å². The van der Waals surface area contributed by atoms with Gasteiger partial charge in [-0.2, -0.15) is 0 Å². The fraction of sp³-hybridized carbons (Fsp3) is 0.118. The van der Waals surface area contributed by atoms with E-state index in [9.17, 15) is 0 Å². The Bertz CT molecular complexity index is 772. The number of hydrogen-bond acceptors (Lipinski definition) is 4. The van der Waals surface area contributed by atoms with Crippen molar-refractivity contribution in [3.8, 4) is 11.5 Å². The Morgan fingerprint density at radius 2 is 1.86 bits per heavy atom. The third-order valence-corrected chi connectivity index (χ3v) is 3.34. The van der Waals surface area contributed by atoms with Gasteiger partial charge in [0.05, 0.1) is 0 Å². The number of ether oxygens (including phenoxy) is 1. The first kappa shape index (κ1) is 13.4. The number of para-hydroxylation sites is 1. The summed E-state index contributed by atoms with van der Waals surface area (Å²) in [4.78, 5) is 4.36. The Morgan fingerprint density at radius 3 is 2.71 bits per heavy atom. The van der Waals surface area contributed by atoms with E-state index in [1.165, 1.54) is 0 Å². The maximum Gasteiger partial charge on any atom is 0.153 e. The molecule has 106 valence electrons. The second kappa shape index (κ2) is 5.81. The van der Waals surface area contributed by atoms with Crippen LogP contribution in [0.3, 0.4) is 0 Å². The number of nitrogens with zero attached hydrogens (tertiary/aromatic N) is 1. The SMILES string of the molecule is Nc1ccc(Oc2ccccc2CCO)c2ncccc12. The average molecular weight is 280 g/mol. The zero-order valence-electron chi connectivity index (χ0n) is 11.5. The highest BCUT2D eigenvalue weighted by Crippen LogP contribution is 2.33. The minimum Gasteiger partial charge on any atom is -0.455 e. The minimum absolute atomic E-state index is 0.0844. The van der Waals surface area contributed by atoms with Gasteiger partial charge in [-0.05, 0) is 42.3 Å². The zero-order valence-corrected chi connectivity index (χ0v) is 11.5. The Kier molecular flexibility index (Phi) is 3.71. The molecule has 0 amide bonds. The van der Waals surface area contributed by atoms with Crippen LogP contribution in [0.4, 0.5) is 5.69 Å². The molecule has 3 N–H and O–H groups in total. The molecule has 0 saturated carbocycles. The molecule has 0 aliphatic heterocycles. The molecule has 3 rings (SSSR count). The lowest BCUT2D eigenvalue weighted by Gasteiger charge is -2.12. The van der Waals surface area contributed by atoms with E-state index in [4.69, 9.17) is 15.6 Å². The number of nitrogen functional groups attached to an aromatic ring is 1. The van der Waals surface area contributed by atoms with Gasteiger partial charge in [-0.1, -0.05) is 18.2 Å². The van der Waals surface area contributed by atoms with Crippen molar-refractivity contribution in [1.82, 2.24) is 4.98 Å². The standard InChI is InChI=1S/C17H16N2O2/c18-14-7-8-16(17-13(14)5-3-10-19-17)21-15-6-2-1-4-12(15)9-11-20/h1-8,10,20H,9,11,18H2. The van der Waals surface area contributed by atoms with Crippen LogP contribution in [0.25, 0.3) is 10.9 Å². The number of anilines is 1. The molecule has 4 nitrogen and oxygen atoms in total. The average Bonchev–Trinajstić information content (AvgIpc) is 2.52. The Labute approximate surface area is 122 Å². The van der Waals surface area contributed by atoms with Crippen molar-refractivity contribution in [2.45, 2.75) is 6.42 Å². The van der Waals surface area contributed by atoms with Gasteiger partial charge in [-0.25, -0.2) is 0 Å². The molecule has 0 spiro atoms. The van der Waals surface area contributed by atoms with Gasteiger partial charge < -0.3 is 15.6 Å². The number of nitrogens with two attached hydrogens (primary N) is 1. The maximum atomic E-state index is 9.13. The number of pyridine rings is 1. The maximum absolute atomic E-state index is 9.13. The minimum atomic E-state index is 0.0844. The molecule has 0 aliphatic rings. The number of rotatable bonds is 4. The van der Waals surface area contributed by atoms with Gasteiger partial charge in [0.15, 0.2) is 5.75 Å². The van der Waals surface area contributed by atoms with E-state index in [0.29, 0.717) is 17.9 Å². The molecule has 0 fully saturated rings. The summed E-state index contributed by atoms with van der Waals surface area (Å²) in [7, 11) is 0. The topological polar surface area (TPSA) is 68.4 Å². The first-order valence-electron chi connectivity index (χ1n) is 6.79. The van der Waals surface area contributed by atoms with Gasteiger partial charge in [0.1, 0.15) is 11.3 Å². The van der Waals surface area contributed by atoms with Gasteiger partial charge in [0, 0.05) is 23.9 Å². The fourth-order valence-corrected chi connectivity index (χ4v) is 2.30. The van der Waals surface area contributed by atoms with Crippen molar-refractivity contribution in [1.29, 1.82) is 0 Å². The molecule has 3 aromatic rings. The van der Waals surface area contributed by atoms with Crippen molar-refractivity contribution in [3.63, 3.8) is 0 Å². The van der Waals surface area contributed by atoms with E-state index in [1.807, 2.05) is 48.5 Å². The van der Waals surface area contributed by atoms with Crippen molar-refractivity contribution in [3.05, 3.63) is 60.3 Å². The van der Waals surface area contributed by atoms with E-state index in [0.717, 1.165) is 22.2 Å². The summed E-state index contributed by atoms with van der Waals surface area (Å²) >= 11 is 0. The molecule has 1 heterocycles. The molecule has 2 aromatic carbocycles. The van der Waals surface area contributed by atoms with Crippen LogP contribution in [0.5, 0.6) is 11.5 Å². The molecule has 0 atom stereocenters. The third-order valence-electron chi connectivity index (χ3n) is 3.34. The van der Waals surface area contributed by atoms with Crippen LogP contribution < -0.4 is 10.5 Å². The smallest absolute Gasteiger partial charge is 0.153 e. The summed E-state index contributed by atoms with van der Waals surface area (Å²) in [5.74, 6) is 1.38. The molecular weight excluding hydrogens is 264 g/mol. The molecule has 4 heteroatoms. The van der Waals surface area contributed by atoms with Crippen LogP contribution in [-0.4, -0.2) is 16.7 Å². The summed E-state index contributed by atoms with van der Waals surface area (Å²) in [6.45, 7) is 0.0844. The number of aliphatic hydroxyl groups excluding tert-OH is 1. The third kappa shape index (κ3) is 2.66. The Balaban J connectivity index is 2.05. The summed E-state index contributed by atoms with van der Waals surface area (Å²) in [5, 5.41) is 10.0. The summed E-state index contributed by atoms with van der Waals surface area (Å²) in [6.07, 6.45) is 2.27. The second-order valence-electron chi connectivity index (χ2n) is 4.74. The first-order chi connectivity index (χ1) is 10.3. The predicted molar refractivity (Wildman–Crippen MR) is 83.5 cm³/mol. The van der Waals surface area contributed by atoms with E-state index >= 15 is 0 Å². The van der Waals surface area contributed by atoms with Gasteiger partial charge in [0.2, 0.25) is 0 Å². The molecular formula is C17H16N2O2. The summed E-state index contributed by atoms with van der Waals surface area (Å²) in [6, 6.07) is 15.1. The lowest BCUT2D eigenvalue weighted by molar-refractivity contribution is 0.298. The first-order valence-corrected chi connectivity index (χ1v) is 6.79. The van der Waals surface area contributed by atoms with Crippen molar-refractivity contribution in [2.75, 3.05) is 12.3 Å². The van der Waals surface area contributed by atoms with Gasteiger partial charge in [-0.3, -0.25) is 4.98 Å². The molecule has 0 unspecified atom stereocenters. The predicted octanol–water partition coefficient (Wildman–Crippen LogP) is 3.14. The van der Waals surface area contributed by atoms with Gasteiger partial charge in [0.25, 0.3) is 0 Å². The zero-order chi connectivity index (χ0) is 14.7. The second-order valence-corrected chi connectivity index (χ2v) is 4.74. The number of hydrogen-bond donors (Lipinski definition) is 2. The van der Waals surface area contributed by atoms with Crippen molar-refractivity contribution < 1.29 is 9.84 Å². The monoisotopic (exact) mass is 280 g/mol. The molecule has 0 radical (unpaired) electrons. The van der Waals surface area contributed by atoms with E-state index in [1.54, 1.807) is 6.20 Å². The molecule has 0 saturated heterocycles. The largest absolute Gasteiger partial charge is 0.455 e. The van der Waals surface area contributed by atoms with Crippen LogP contribution in [0.1, 0.15) is 5.56 Å². The lowest BCUT2D eigenvalue weighted by Crippen LogP contribution is -1.97. The van der Waals surface area contributed by atoms with Crippen LogP contribution in [0.2, 0.25) is 0 Å². The molecule has 1 aromatic heterocycles. The normalized spacial score (nSPS) is 10.7. The van der Waals surface area contributed by atoms with Crippen LogP contribution in [0, 0.1) is 0 Å². The summed E-state index contributed by atoms with van der Waals surface area (Å²) in [5.41, 5.74) is 8.33. The van der Waals surface area contributed by atoms with E-state index < -0.39 is 0 Å². The van der Waals surface area contributed by atoms with Crippen LogP contribution >= 0.6 is 0 Å². The summed E-state index contributed by atoms with van der Waals surface area (Å²) < 4.78 is 6.00. The van der Waals surface area contributed by atoms with Gasteiger partial charge in [-0.15, -0.1) is 0 Å². The quantitative estimate of drug-likeness (QED) is 0.720. The fourth-order valence-electron chi connectivity index (χ4n) is 2.30. The highest BCUT2D eigenvalue weighted by Gasteiger charge is 2.09. The van der Waals surface area contributed by atoms with Crippen LogP contribution in [-0.2, 0) is 6.42 Å².